The van der Waals surface area contributed by atoms with E-state index in [4.69, 9.17) is 11.6 Å². The van der Waals surface area contributed by atoms with Crippen LogP contribution >= 0.6 is 11.6 Å². The molecule has 17 heavy (non-hydrogen) atoms. The van der Waals surface area contributed by atoms with Crippen molar-refractivity contribution in [3.05, 3.63) is 46.5 Å². The van der Waals surface area contributed by atoms with Gasteiger partial charge in [0, 0.05) is 11.1 Å². The molecule has 0 amide bonds. The minimum Gasteiger partial charge on any atom is -0.310 e. The largest absolute Gasteiger partial charge is 0.310 e. The van der Waals surface area contributed by atoms with Crippen molar-refractivity contribution in [2.75, 3.05) is 6.54 Å². The molecule has 1 atom stereocenters. The molecule has 0 heterocycles. The summed E-state index contributed by atoms with van der Waals surface area (Å²) in [5.41, 5.74) is 3.57. The molecule has 0 aliphatic heterocycles. The number of hydrogen-bond donors (Lipinski definition) is 1. The van der Waals surface area contributed by atoms with Gasteiger partial charge in [-0.15, -0.1) is 0 Å². The highest BCUT2D eigenvalue weighted by Crippen LogP contribution is 2.30. The zero-order chi connectivity index (χ0) is 12.8. The van der Waals surface area contributed by atoms with Gasteiger partial charge in [0.1, 0.15) is 0 Å². The SMILES string of the molecule is C=C(CC)CC(NCC)c1cccc(C)c1Cl. The summed E-state index contributed by atoms with van der Waals surface area (Å²) in [5.74, 6) is 0. The molecule has 0 saturated carbocycles. The molecule has 0 spiro atoms. The minimum atomic E-state index is 0.278. The number of halogens is 1. The molecule has 2 heteroatoms. The topological polar surface area (TPSA) is 12.0 Å². The minimum absolute atomic E-state index is 0.278. The Morgan fingerprint density at radius 2 is 2.12 bits per heavy atom. The van der Waals surface area contributed by atoms with Gasteiger partial charge in [0.15, 0.2) is 0 Å². The van der Waals surface area contributed by atoms with Crippen molar-refractivity contribution in [3.63, 3.8) is 0 Å². The Kier molecular flexibility index (Phi) is 5.73. The van der Waals surface area contributed by atoms with Gasteiger partial charge in [-0.25, -0.2) is 0 Å². The highest BCUT2D eigenvalue weighted by molar-refractivity contribution is 6.32. The van der Waals surface area contributed by atoms with Crippen LogP contribution in [-0.4, -0.2) is 6.54 Å². The summed E-state index contributed by atoms with van der Waals surface area (Å²) >= 11 is 6.38. The van der Waals surface area contributed by atoms with Crippen molar-refractivity contribution < 1.29 is 0 Å². The van der Waals surface area contributed by atoms with Gasteiger partial charge in [-0.2, -0.15) is 0 Å². The van der Waals surface area contributed by atoms with Crippen LogP contribution in [0.1, 0.15) is 43.9 Å². The molecule has 94 valence electrons. The monoisotopic (exact) mass is 251 g/mol. The van der Waals surface area contributed by atoms with Crippen molar-refractivity contribution in [1.29, 1.82) is 0 Å². The number of nitrogens with one attached hydrogen (secondary N) is 1. The molecule has 1 aromatic carbocycles. The van der Waals surface area contributed by atoms with E-state index >= 15 is 0 Å². The predicted octanol–water partition coefficient (Wildman–Crippen LogP) is 4.66. The van der Waals surface area contributed by atoms with E-state index in [0.29, 0.717) is 0 Å². The lowest BCUT2D eigenvalue weighted by Gasteiger charge is -2.21. The molecule has 0 saturated heterocycles. The number of benzene rings is 1. The van der Waals surface area contributed by atoms with Crippen LogP contribution < -0.4 is 5.32 Å². The van der Waals surface area contributed by atoms with Gasteiger partial charge in [-0.1, -0.05) is 55.8 Å². The van der Waals surface area contributed by atoms with Crippen LogP contribution in [0.15, 0.2) is 30.4 Å². The van der Waals surface area contributed by atoms with E-state index in [2.05, 4.69) is 37.9 Å². The summed E-state index contributed by atoms with van der Waals surface area (Å²) in [6, 6.07) is 6.49. The smallest absolute Gasteiger partial charge is 0.0483 e. The van der Waals surface area contributed by atoms with E-state index in [1.165, 1.54) is 11.1 Å². The third-order valence-electron chi connectivity index (χ3n) is 3.04. The van der Waals surface area contributed by atoms with Gasteiger partial charge in [0.2, 0.25) is 0 Å². The summed E-state index contributed by atoms with van der Waals surface area (Å²) in [4.78, 5) is 0. The van der Waals surface area contributed by atoms with Crippen molar-refractivity contribution >= 4 is 11.6 Å². The van der Waals surface area contributed by atoms with E-state index in [-0.39, 0.29) is 6.04 Å². The Bertz CT molecular complexity index is 385. The lowest BCUT2D eigenvalue weighted by Crippen LogP contribution is -2.21. The fraction of sp³-hybridized carbons (Fsp3) is 0.467. The summed E-state index contributed by atoms with van der Waals surface area (Å²) < 4.78 is 0. The van der Waals surface area contributed by atoms with Gasteiger partial charge in [-0.3, -0.25) is 0 Å². The van der Waals surface area contributed by atoms with Gasteiger partial charge in [0.05, 0.1) is 0 Å². The summed E-state index contributed by atoms with van der Waals surface area (Å²) in [5, 5.41) is 4.36. The van der Waals surface area contributed by atoms with Gasteiger partial charge in [-0.05, 0) is 37.4 Å². The molecule has 0 aliphatic carbocycles. The lowest BCUT2D eigenvalue weighted by molar-refractivity contribution is 0.543. The Morgan fingerprint density at radius 3 is 2.71 bits per heavy atom. The standard InChI is InChI=1S/C15H22ClN/c1-5-11(3)10-14(17-6-2)13-9-7-8-12(4)15(13)16/h7-9,14,17H,3,5-6,10H2,1-2,4H3. The first-order chi connectivity index (χ1) is 8.10. The second-order valence-electron chi connectivity index (χ2n) is 4.40. The molecule has 0 radical (unpaired) electrons. The van der Waals surface area contributed by atoms with Gasteiger partial charge in [0.25, 0.3) is 0 Å². The van der Waals surface area contributed by atoms with E-state index in [1.807, 2.05) is 13.0 Å². The molecule has 1 unspecified atom stereocenters. The highest BCUT2D eigenvalue weighted by atomic mass is 35.5. The van der Waals surface area contributed by atoms with Crippen LogP contribution in [0.5, 0.6) is 0 Å². The maximum absolute atomic E-state index is 6.38. The molecule has 1 aromatic rings. The first kappa shape index (κ1) is 14.3. The molecule has 1 nitrogen and oxygen atoms in total. The fourth-order valence-electron chi connectivity index (χ4n) is 1.91. The van der Waals surface area contributed by atoms with E-state index in [9.17, 15) is 0 Å². The van der Waals surface area contributed by atoms with Gasteiger partial charge >= 0.3 is 0 Å². The highest BCUT2D eigenvalue weighted by Gasteiger charge is 2.15. The van der Waals surface area contributed by atoms with Crippen molar-refractivity contribution in [2.45, 2.75) is 39.7 Å². The van der Waals surface area contributed by atoms with Crippen LogP contribution in [0.25, 0.3) is 0 Å². The van der Waals surface area contributed by atoms with Crippen molar-refractivity contribution in [2.24, 2.45) is 0 Å². The summed E-state index contributed by atoms with van der Waals surface area (Å²) in [7, 11) is 0. The van der Waals surface area contributed by atoms with Gasteiger partial charge < -0.3 is 5.32 Å². The van der Waals surface area contributed by atoms with Crippen molar-refractivity contribution in [3.8, 4) is 0 Å². The maximum atomic E-state index is 6.38. The maximum Gasteiger partial charge on any atom is 0.0483 e. The number of aryl methyl sites for hydroxylation is 1. The number of hydrogen-bond acceptors (Lipinski definition) is 1. The molecular weight excluding hydrogens is 230 g/mol. The average Bonchev–Trinajstić information content (AvgIpc) is 2.32. The van der Waals surface area contributed by atoms with Crippen LogP contribution in [0, 0.1) is 6.92 Å². The van der Waals surface area contributed by atoms with Crippen LogP contribution in [0.4, 0.5) is 0 Å². The first-order valence-electron chi connectivity index (χ1n) is 6.25. The third-order valence-corrected chi connectivity index (χ3v) is 3.56. The Hall–Kier alpha value is -0.790. The summed E-state index contributed by atoms with van der Waals surface area (Å²) in [6.07, 6.45) is 1.97. The molecular formula is C15H22ClN. The average molecular weight is 252 g/mol. The Labute approximate surface area is 110 Å². The van der Waals surface area contributed by atoms with E-state index < -0.39 is 0 Å². The summed E-state index contributed by atoms with van der Waals surface area (Å²) in [6.45, 7) is 11.3. The quantitative estimate of drug-likeness (QED) is 0.726. The van der Waals surface area contributed by atoms with Crippen molar-refractivity contribution in [1.82, 2.24) is 5.32 Å². The van der Waals surface area contributed by atoms with E-state index in [0.717, 1.165) is 30.0 Å². The van der Waals surface area contributed by atoms with E-state index in [1.54, 1.807) is 0 Å². The zero-order valence-corrected chi connectivity index (χ0v) is 11.8. The molecule has 1 rings (SSSR count). The Morgan fingerprint density at radius 1 is 1.41 bits per heavy atom. The lowest BCUT2D eigenvalue weighted by atomic mass is 9.97. The zero-order valence-electron chi connectivity index (χ0n) is 11.0. The van der Waals surface area contributed by atoms with Crippen LogP contribution in [-0.2, 0) is 0 Å². The second-order valence-corrected chi connectivity index (χ2v) is 4.77. The third kappa shape index (κ3) is 3.86. The Balaban J connectivity index is 2.96. The molecule has 1 N–H and O–H groups in total. The molecule has 0 aliphatic rings. The predicted molar refractivity (Wildman–Crippen MR) is 76.7 cm³/mol. The molecule has 0 bridgehead atoms. The van der Waals surface area contributed by atoms with Crippen LogP contribution in [0.3, 0.4) is 0 Å². The molecule has 0 fully saturated rings. The second kappa shape index (κ2) is 6.83. The fourth-order valence-corrected chi connectivity index (χ4v) is 2.17. The normalized spacial score (nSPS) is 12.5. The van der Waals surface area contributed by atoms with Crippen LogP contribution in [0.2, 0.25) is 5.02 Å². The molecule has 0 aromatic heterocycles. The number of rotatable bonds is 6. The first-order valence-corrected chi connectivity index (χ1v) is 6.62.